The van der Waals surface area contributed by atoms with E-state index in [2.05, 4.69) is 50.3 Å². The van der Waals surface area contributed by atoms with Crippen molar-refractivity contribution in [3.63, 3.8) is 0 Å². The van der Waals surface area contributed by atoms with Crippen molar-refractivity contribution in [3.8, 4) is 0 Å². The number of allylic oxidation sites excluding steroid dienone is 8. The van der Waals surface area contributed by atoms with E-state index in [1.807, 2.05) is 12.2 Å². The molecule has 13 heteroatoms. The molecule has 0 bridgehead atoms. The van der Waals surface area contributed by atoms with E-state index in [0.29, 0.717) is 19.3 Å². The maximum absolute atomic E-state index is 12.8. The second-order valence-electron chi connectivity index (χ2n) is 15.0. The molecule has 0 aromatic rings. The van der Waals surface area contributed by atoms with Crippen molar-refractivity contribution >= 4 is 22.1 Å². The Labute approximate surface area is 343 Å². The summed E-state index contributed by atoms with van der Waals surface area (Å²) in [6.07, 6.45) is 30.2. The molecule has 1 aliphatic rings. The molecule has 0 amide bonds. The zero-order chi connectivity index (χ0) is 42.0. The molecule has 0 spiro atoms. The standard InChI is InChI=1S/C44H76O12S/c1-3-5-7-9-11-13-15-17-18-19-20-21-23-25-27-29-31-33-40(46)55-37(35-54-44-43(49)42(48)41(47)38(56-44)36-57(50,51)52)34-53-39(45)32-30-28-26-24-22-16-14-12-10-8-6-4-2/h11,13,17-18,20-21,25,27,37-38,41-44,47-49H,3-10,12,14-16,19,22-24,26,28-36H2,1-2H3,(H,50,51,52)/b13-11+,18-17+,21-20+,27-25+/t37-,38-,41-,42?,43?,44+/m1/s1. The predicted octanol–water partition coefficient (Wildman–Crippen LogP) is 8.39. The molecule has 0 saturated carbocycles. The van der Waals surface area contributed by atoms with Crippen molar-refractivity contribution in [2.75, 3.05) is 19.0 Å². The van der Waals surface area contributed by atoms with E-state index < -0.39 is 71.2 Å². The first kappa shape index (κ1) is 52.6. The molecule has 2 unspecified atom stereocenters. The zero-order valence-corrected chi connectivity index (χ0v) is 35.7. The third kappa shape index (κ3) is 29.5. The first-order valence-electron chi connectivity index (χ1n) is 21.7. The quantitative estimate of drug-likeness (QED) is 0.0207. The molecule has 1 fully saturated rings. The fraction of sp³-hybridized carbons (Fsp3) is 0.773. The van der Waals surface area contributed by atoms with Gasteiger partial charge in [-0.2, -0.15) is 8.42 Å². The highest BCUT2D eigenvalue weighted by atomic mass is 32.2. The Balaban J connectivity index is 2.52. The molecule has 0 aliphatic carbocycles. The number of aliphatic hydroxyl groups excluding tert-OH is 3. The third-order valence-corrected chi connectivity index (χ3v) is 10.4. The van der Waals surface area contributed by atoms with Gasteiger partial charge in [0, 0.05) is 12.8 Å². The molecule has 330 valence electrons. The summed E-state index contributed by atoms with van der Waals surface area (Å²) in [4.78, 5) is 25.3. The van der Waals surface area contributed by atoms with Crippen LogP contribution >= 0.6 is 0 Å². The second kappa shape index (κ2) is 34.5. The minimum Gasteiger partial charge on any atom is -0.462 e. The zero-order valence-electron chi connectivity index (χ0n) is 34.9. The van der Waals surface area contributed by atoms with Crippen molar-refractivity contribution < 1.29 is 56.8 Å². The molecule has 0 radical (unpaired) electrons. The van der Waals surface area contributed by atoms with Crippen molar-refractivity contribution in [2.24, 2.45) is 0 Å². The van der Waals surface area contributed by atoms with E-state index in [0.717, 1.165) is 44.9 Å². The normalized spacial score (nSPS) is 21.0. The summed E-state index contributed by atoms with van der Waals surface area (Å²) in [5, 5.41) is 30.8. The van der Waals surface area contributed by atoms with Crippen LogP contribution in [0.25, 0.3) is 0 Å². The average molecular weight is 829 g/mol. The van der Waals surface area contributed by atoms with E-state index in [4.69, 9.17) is 18.9 Å². The van der Waals surface area contributed by atoms with E-state index in [9.17, 15) is 37.9 Å². The fourth-order valence-electron chi connectivity index (χ4n) is 6.26. The number of esters is 2. The van der Waals surface area contributed by atoms with Crippen LogP contribution in [0.2, 0.25) is 0 Å². The van der Waals surface area contributed by atoms with Gasteiger partial charge in [-0.3, -0.25) is 14.1 Å². The van der Waals surface area contributed by atoms with Crippen LogP contribution in [-0.4, -0.2) is 96.0 Å². The van der Waals surface area contributed by atoms with Crippen LogP contribution in [-0.2, 0) is 38.7 Å². The van der Waals surface area contributed by atoms with Gasteiger partial charge in [0.2, 0.25) is 0 Å². The summed E-state index contributed by atoms with van der Waals surface area (Å²) in [6, 6.07) is 0. The Morgan fingerprint density at radius 3 is 1.61 bits per heavy atom. The lowest BCUT2D eigenvalue weighted by Gasteiger charge is -2.40. The molecule has 1 rings (SSSR count). The summed E-state index contributed by atoms with van der Waals surface area (Å²) < 4.78 is 53.9. The minimum atomic E-state index is -4.61. The first-order valence-corrected chi connectivity index (χ1v) is 23.3. The molecule has 1 aliphatic heterocycles. The van der Waals surface area contributed by atoms with Crippen LogP contribution in [0.5, 0.6) is 0 Å². The minimum absolute atomic E-state index is 0.0885. The lowest BCUT2D eigenvalue weighted by molar-refractivity contribution is -0.297. The summed E-state index contributed by atoms with van der Waals surface area (Å²) in [6.45, 7) is 3.67. The number of rotatable bonds is 35. The molecule has 0 aromatic heterocycles. The molecule has 0 aromatic carbocycles. The molecule has 12 nitrogen and oxygen atoms in total. The van der Waals surface area contributed by atoms with Gasteiger partial charge in [-0.05, 0) is 51.4 Å². The van der Waals surface area contributed by atoms with Gasteiger partial charge >= 0.3 is 11.9 Å². The van der Waals surface area contributed by atoms with Crippen molar-refractivity contribution in [1.29, 1.82) is 0 Å². The largest absolute Gasteiger partial charge is 0.462 e. The summed E-state index contributed by atoms with van der Waals surface area (Å²) in [5.41, 5.74) is 0. The van der Waals surface area contributed by atoms with Crippen LogP contribution in [0.1, 0.15) is 162 Å². The Hall–Kier alpha value is -2.39. The smallest absolute Gasteiger partial charge is 0.306 e. The number of carbonyl (C=O) groups excluding carboxylic acids is 2. The van der Waals surface area contributed by atoms with Crippen LogP contribution in [0.15, 0.2) is 48.6 Å². The summed E-state index contributed by atoms with van der Waals surface area (Å²) in [7, 11) is -4.61. The van der Waals surface area contributed by atoms with Gasteiger partial charge < -0.3 is 34.3 Å². The highest BCUT2D eigenvalue weighted by Gasteiger charge is 2.46. The number of carbonyl (C=O) groups is 2. The number of hydrogen-bond acceptors (Lipinski definition) is 11. The Bertz CT molecular complexity index is 1250. The lowest BCUT2D eigenvalue weighted by Crippen LogP contribution is -2.60. The van der Waals surface area contributed by atoms with Crippen LogP contribution in [0, 0.1) is 0 Å². The second-order valence-corrected chi connectivity index (χ2v) is 16.5. The summed E-state index contributed by atoms with van der Waals surface area (Å²) in [5.74, 6) is -2.06. The monoisotopic (exact) mass is 829 g/mol. The van der Waals surface area contributed by atoms with Crippen molar-refractivity contribution in [1.82, 2.24) is 0 Å². The Morgan fingerprint density at radius 1 is 0.596 bits per heavy atom. The SMILES string of the molecule is CCCCC/C=C/C/C=C/C/C=C/C/C=C/CCCC(=O)O[C@H](COC(=O)CCCCCCCCCCCCCC)CO[C@H]1O[C@H](CS(=O)(=O)O)[C@@H](O)C(O)C1O. The number of hydrogen-bond donors (Lipinski definition) is 4. The van der Waals surface area contributed by atoms with Gasteiger partial charge in [0.1, 0.15) is 36.8 Å². The first-order chi connectivity index (χ1) is 27.5. The Kier molecular flexibility index (Phi) is 31.8. The van der Waals surface area contributed by atoms with Gasteiger partial charge in [-0.15, -0.1) is 0 Å². The lowest BCUT2D eigenvalue weighted by atomic mass is 10.00. The van der Waals surface area contributed by atoms with Gasteiger partial charge in [-0.1, -0.05) is 146 Å². The van der Waals surface area contributed by atoms with Gasteiger partial charge in [-0.25, -0.2) is 0 Å². The highest BCUT2D eigenvalue weighted by Crippen LogP contribution is 2.24. The fourth-order valence-corrected chi connectivity index (χ4v) is 6.95. The predicted molar refractivity (Wildman–Crippen MR) is 224 cm³/mol. The van der Waals surface area contributed by atoms with E-state index in [-0.39, 0.29) is 19.4 Å². The number of aliphatic hydroxyl groups is 3. The molecule has 6 atom stereocenters. The summed E-state index contributed by atoms with van der Waals surface area (Å²) >= 11 is 0. The number of unbranched alkanes of at least 4 members (excludes halogenated alkanes) is 15. The maximum atomic E-state index is 12.8. The van der Waals surface area contributed by atoms with Crippen LogP contribution < -0.4 is 0 Å². The van der Waals surface area contributed by atoms with Crippen molar-refractivity contribution in [3.05, 3.63) is 48.6 Å². The third-order valence-electron chi connectivity index (χ3n) is 9.66. The molecule has 1 saturated heterocycles. The van der Waals surface area contributed by atoms with E-state index >= 15 is 0 Å². The van der Waals surface area contributed by atoms with Gasteiger partial charge in [0.05, 0.1) is 6.61 Å². The van der Waals surface area contributed by atoms with Gasteiger partial charge in [0.25, 0.3) is 10.1 Å². The van der Waals surface area contributed by atoms with Crippen molar-refractivity contribution in [2.45, 2.75) is 198 Å². The molecular weight excluding hydrogens is 753 g/mol. The van der Waals surface area contributed by atoms with E-state index in [1.165, 1.54) is 70.6 Å². The topological polar surface area (TPSA) is 186 Å². The molecule has 4 N–H and O–H groups in total. The van der Waals surface area contributed by atoms with E-state index in [1.54, 1.807) is 0 Å². The highest BCUT2D eigenvalue weighted by molar-refractivity contribution is 7.85. The van der Waals surface area contributed by atoms with Crippen LogP contribution in [0.3, 0.4) is 0 Å². The number of ether oxygens (including phenoxy) is 4. The molecule has 1 heterocycles. The molecular formula is C44H76O12S. The average Bonchev–Trinajstić information content (AvgIpc) is 3.17. The van der Waals surface area contributed by atoms with Gasteiger partial charge in [0.15, 0.2) is 12.4 Å². The molecule has 57 heavy (non-hydrogen) atoms. The Morgan fingerprint density at radius 2 is 1.07 bits per heavy atom. The maximum Gasteiger partial charge on any atom is 0.306 e. The van der Waals surface area contributed by atoms with Crippen LogP contribution in [0.4, 0.5) is 0 Å².